The van der Waals surface area contributed by atoms with Crippen molar-refractivity contribution >= 4 is 17.5 Å². The molecule has 5 heteroatoms. The Balaban J connectivity index is 2.10. The van der Waals surface area contributed by atoms with Crippen LogP contribution >= 0.6 is 0 Å². The van der Waals surface area contributed by atoms with Crippen molar-refractivity contribution in [2.45, 2.75) is 46.8 Å². The second kappa shape index (κ2) is 8.52. The Morgan fingerprint density at radius 3 is 2.19 bits per heavy atom. The van der Waals surface area contributed by atoms with E-state index in [1.54, 1.807) is 31.2 Å². The van der Waals surface area contributed by atoms with Crippen LogP contribution in [0.4, 0.5) is 5.69 Å². The largest absolute Gasteiger partial charge is 0.481 e. The van der Waals surface area contributed by atoms with Crippen molar-refractivity contribution in [3.8, 4) is 5.75 Å². The Morgan fingerprint density at radius 2 is 1.58 bits per heavy atom. The average molecular weight is 354 g/mol. The van der Waals surface area contributed by atoms with E-state index in [0.717, 1.165) is 11.1 Å². The maximum Gasteiger partial charge on any atom is 0.265 e. The Hall–Kier alpha value is -2.82. The number of para-hydroxylation sites is 1. The molecule has 5 nitrogen and oxygen atoms in total. The van der Waals surface area contributed by atoms with Gasteiger partial charge >= 0.3 is 0 Å². The van der Waals surface area contributed by atoms with E-state index in [2.05, 4.69) is 10.6 Å². The molecule has 1 atom stereocenters. The molecule has 0 aliphatic carbocycles. The highest BCUT2D eigenvalue weighted by atomic mass is 16.5. The Morgan fingerprint density at radius 1 is 0.962 bits per heavy atom. The number of anilines is 1. The molecule has 0 aromatic heterocycles. The van der Waals surface area contributed by atoms with Crippen molar-refractivity contribution in [2.75, 3.05) is 5.32 Å². The lowest BCUT2D eigenvalue weighted by atomic mass is 10.1. The number of nitrogens with one attached hydrogen (secondary N) is 2. The summed E-state index contributed by atoms with van der Waals surface area (Å²) in [5, 5.41) is 5.62. The molecule has 0 spiro atoms. The van der Waals surface area contributed by atoms with Gasteiger partial charge in [-0.15, -0.1) is 0 Å². The molecule has 0 saturated heterocycles. The third-order valence-electron chi connectivity index (χ3n) is 3.73. The lowest BCUT2D eigenvalue weighted by molar-refractivity contribution is -0.122. The van der Waals surface area contributed by atoms with Crippen LogP contribution in [0.1, 0.15) is 42.3 Å². The summed E-state index contributed by atoms with van der Waals surface area (Å²) in [6, 6.07) is 12.8. The maximum absolute atomic E-state index is 12.5. The molecule has 2 N–H and O–H groups in total. The van der Waals surface area contributed by atoms with Crippen LogP contribution in [0.3, 0.4) is 0 Å². The number of hydrogen-bond acceptors (Lipinski definition) is 3. The number of hydrogen-bond donors (Lipinski definition) is 2. The van der Waals surface area contributed by atoms with Crippen molar-refractivity contribution in [1.82, 2.24) is 5.32 Å². The van der Waals surface area contributed by atoms with Gasteiger partial charge in [0.1, 0.15) is 5.75 Å². The van der Waals surface area contributed by atoms with Crippen LogP contribution < -0.4 is 15.4 Å². The highest BCUT2D eigenvalue weighted by Gasteiger charge is 2.19. The number of carbonyl (C=O) groups is 2. The predicted molar refractivity (Wildman–Crippen MR) is 104 cm³/mol. The summed E-state index contributed by atoms with van der Waals surface area (Å²) >= 11 is 0. The van der Waals surface area contributed by atoms with Crippen LogP contribution in [0.2, 0.25) is 0 Å². The van der Waals surface area contributed by atoms with Crippen LogP contribution in [-0.4, -0.2) is 24.0 Å². The van der Waals surface area contributed by atoms with Crippen molar-refractivity contribution in [3.63, 3.8) is 0 Å². The van der Waals surface area contributed by atoms with E-state index in [-0.39, 0.29) is 17.9 Å². The minimum Gasteiger partial charge on any atom is -0.481 e. The van der Waals surface area contributed by atoms with Crippen molar-refractivity contribution < 1.29 is 14.3 Å². The van der Waals surface area contributed by atoms with Crippen molar-refractivity contribution in [1.29, 1.82) is 0 Å². The van der Waals surface area contributed by atoms with Gasteiger partial charge < -0.3 is 15.4 Å². The zero-order valence-electron chi connectivity index (χ0n) is 15.9. The number of aryl methyl sites for hydroxylation is 2. The minimum absolute atomic E-state index is 0.0121. The van der Waals surface area contributed by atoms with E-state index < -0.39 is 6.10 Å². The zero-order valence-corrected chi connectivity index (χ0v) is 15.9. The molecule has 138 valence electrons. The summed E-state index contributed by atoms with van der Waals surface area (Å²) in [6.07, 6.45) is -0.697. The Kier molecular flexibility index (Phi) is 6.39. The minimum atomic E-state index is -0.697. The normalized spacial score (nSPS) is 11.8. The van der Waals surface area contributed by atoms with E-state index in [0.29, 0.717) is 17.0 Å². The zero-order chi connectivity index (χ0) is 19.3. The fraction of sp³-hybridized carbons (Fsp3) is 0.333. The molecule has 0 aliphatic rings. The van der Waals surface area contributed by atoms with Gasteiger partial charge in [-0.1, -0.05) is 18.2 Å². The molecule has 0 unspecified atom stereocenters. The quantitative estimate of drug-likeness (QED) is 0.828. The molecular weight excluding hydrogens is 328 g/mol. The van der Waals surface area contributed by atoms with Gasteiger partial charge in [0.2, 0.25) is 0 Å². The second-order valence-corrected chi connectivity index (χ2v) is 6.75. The first-order valence-corrected chi connectivity index (χ1v) is 8.72. The summed E-state index contributed by atoms with van der Waals surface area (Å²) in [5.74, 6) is 0.115. The van der Waals surface area contributed by atoms with Gasteiger partial charge in [0.25, 0.3) is 11.8 Å². The van der Waals surface area contributed by atoms with E-state index in [4.69, 9.17) is 4.74 Å². The standard InChI is InChI=1S/C21H26N2O3/c1-13(2)22-21(25)18-8-6-7-9-19(18)23-20(24)16(5)26-17-11-14(3)10-15(4)12-17/h6-13,16H,1-5H3,(H,22,25)(H,23,24)/t16-/m0/s1. The number of carbonyl (C=O) groups excluding carboxylic acids is 2. The molecule has 2 amide bonds. The molecular formula is C21H26N2O3. The fourth-order valence-electron chi connectivity index (χ4n) is 2.62. The summed E-state index contributed by atoms with van der Waals surface area (Å²) in [6.45, 7) is 9.42. The smallest absolute Gasteiger partial charge is 0.265 e. The van der Waals surface area contributed by atoms with Crippen LogP contribution in [-0.2, 0) is 4.79 Å². The number of ether oxygens (including phenoxy) is 1. The van der Waals surface area contributed by atoms with Crippen molar-refractivity contribution in [3.05, 3.63) is 59.2 Å². The Labute approximate surface area is 154 Å². The third-order valence-corrected chi connectivity index (χ3v) is 3.73. The highest BCUT2D eigenvalue weighted by molar-refractivity contribution is 6.04. The molecule has 0 aliphatic heterocycles. The number of benzene rings is 2. The molecule has 2 aromatic carbocycles. The topological polar surface area (TPSA) is 67.4 Å². The summed E-state index contributed by atoms with van der Waals surface area (Å²) in [4.78, 5) is 24.8. The van der Waals surface area contributed by atoms with Crippen molar-refractivity contribution in [2.24, 2.45) is 0 Å². The SMILES string of the molecule is Cc1cc(C)cc(O[C@@H](C)C(=O)Nc2ccccc2C(=O)NC(C)C)c1. The first-order valence-electron chi connectivity index (χ1n) is 8.72. The first kappa shape index (κ1) is 19.5. The van der Waals surface area contributed by atoms with E-state index in [1.165, 1.54) is 0 Å². The lowest BCUT2D eigenvalue weighted by Gasteiger charge is -2.17. The molecule has 2 aromatic rings. The monoisotopic (exact) mass is 354 g/mol. The van der Waals surface area contributed by atoms with Gasteiger partial charge in [0, 0.05) is 6.04 Å². The fourth-order valence-corrected chi connectivity index (χ4v) is 2.62. The van der Waals surface area contributed by atoms with E-state index in [1.807, 2.05) is 45.9 Å². The Bertz CT molecular complexity index is 779. The second-order valence-electron chi connectivity index (χ2n) is 6.75. The van der Waals surface area contributed by atoms with Gasteiger partial charge in [-0.25, -0.2) is 0 Å². The van der Waals surface area contributed by atoms with Gasteiger partial charge in [0.05, 0.1) is 11.3 Å². The summed E-state index contributed by atoms with van der Waals surface area (Å²) in [5.41, 5.74) is 3.03. The van der Waals surface area contributed by atoms with E-state index >= 15 is 0 Å². The van der Waals surface area contributed by atoms with Gasteiger partial charge in [0.15, 0.2) is 6.10 Å². The third kappa shape index (κ3) is 5.34. The first-order chi connectivity index (χ1) is 12.3. The predicted octanol–water partition coefficient (Wildman–Crippen LogP) is 3.85. The van der Waals surface area contributed by atoms with Crippen LogP contribution in [0.25, 0.3) is 0 Å². The highest BCUT2D eigenvalue weighted by Crippen LogP contribution is 2.19. The number of rotatable bonds is 6. The summed E-state index contributed by atoms with van der Waals surface area (Å²) < 4.78 is 5.76. The molecule has 0 fully saturated rings. The molecule has 0 bridgehead atoms. The lowest BCUT2D eigenvalue weighted by Crippen LogP contribution is -2.33. The van der Waals surface area contributed by atoms with Crippen LogP contribution in [0.15, 0.2) is 42.5 Å². The average Bonchev–Trinajstić information content (AvgIpc) is 2.53. The van der Waals surface area contributed by atoms with Gasteiger partial charge in [-0.05, 0) is 70.0 Å². The van der Waals surface area contributed by atoms with Gasteiger partial charge in [-0.3, -0.25) is 9.59 Å². The van der Waals surface area contributed by atoms with Gasteiger partial charge in [-0.2, -0.15) is 0 Å². The maximum atomic E-state index is 12.5. The van der Waals surface area contributed by atoms with Crippen LogP contribution in [0, 0.1) is 13.8 Å². The van der Waals surface area contributed by atoms with Crippen LogP contribution in [0.5, 0.6) is 5.75 Å². The molecule has 2 rings (SSSR count). The molecule has 0 radical (unpaired) electrons. The molecule has 26 heavy (non-hydrogen) atoms. The molecule has 0 heterocycles. The molecule has 0 saturated carbocycles. The summed E-state index contributed by atoms with van der Waals surface area (Å²) in [7, 11) is 0. The van der Waals surface area contributed by atoms with E-state index in [9.17, 15) is 9.59 Å². The number of amides is 2.